The van der Waals surface area contributed by atoms with Crippen molar-refractivity contribution in [2.75, 3.05) is 91.2 Å². The van der Waals surface area contributed by atoms with Crippen LogP contribution < -0.4 is 68.7 Å². The summed E-state index contributed by atoms with van der Waals surface area (Å²) in [6.07, 6.45) is -25.9. The molecule has 9 aromatic rings. The third-order valence-corrected chi connectivity index (χ3v) is 25.5. The van der Waals surface area contributed by atoms with E-state index in [1.807, 2.05) is 0 Å². The van der Waals surface area contributed by atoms with E-state index in [9.17, 15) is 71.9 Å². The van der Waals surface area contributed by atoms with Crippen LogP contribution in [-0.4, -0.2) is 235 Å². The van der Waals surface area contributed by atoms with Crippen molar-refractivity contribution in [1.82, 2.24) is 87.2 Å². The van der Waals surface area contributed by atoms with E-state index in [1.54, 1.807) is 6.92 Å². The quantitative estimate of drug-likeness (QED) is 0.0262. The van der Waals surface area contributed by atoms with Gasteiger partial charge in [0.05, 0.1) is 95.2 Å². The minimum absolute atomic E-state index is 0.0186. The fourth-order valence-electron chi connectivity index (χ4n) is 14.6. The molecule has 15 heterocycles. The molecule has 23 atom stereocenters. The van der Waals surface area contributed by atoms with Gasteiger partial charge >= 0.3 is 56.2 Å². The fourth-order valence-corrected chi connectivity index (χ4v) is 20.1. The molecule has 6 aliphatic rings. The lowest BCUT2D eigenvalue weighted by atomic mass is 10.1. The minimum atomic E-state index is -5.74. The van der Waals surface area contributed by atoms with E-state index >= 15 is 0 Å². The van der Waals surface area contributed by atoms with Gasteiger partial charge in [0.2, 0.25) is 17.8 Å². The summed E-state index contributed by atoms with van der Waals surface area (Å²) in [6, 6.07) is 0. The Balaban J connectivity index is 0.659. The molecule has 0 aliphatic carbocycles. The van der Waals surface area contributed by atoms with Crippen molar-refractivity contribution in [3.8, 4) is 0 Å². The highest BCUT2D eigenvalue weighted by Gasteiger charge is 2.52. The molecule has 668 valence electrons. The van der Waals surface area contributed by atoms with Gasteiger partial charge in [-0.15, -0.1) is 0 Å². The first kappa shape index (κ1) is 88.6. The molecule has 5 unspecified atom stereocenters. The van der Waals surface area contributed by atoms with Crippen LogP contribution in [0.3, 0.4) is 0 Å². The number of hydrogen-bond acceptors (Lipinski definition) is 47. The lowest BCUT2D eigenvalue weighted by molar-refractivity contribution is -0.173. The standard InChI is InChI=1S/C60H82N27O31P5/c1-22-10-82(58(90)76-40(22)61)49-31(89)5-26(14-104-49)109-119(93,94)117-35-8-29(17-107-53(35)86-20-71-38-44(65)74-56(68)80-47(38)86)112-121(97,98)116-34-7-28(16-106-51(34)84-12-24(3)42(63)78-60(84)92)111-123(101,102)118-36-9-30(18-108-54(36)87-21-72-39-45(66)75-57(69)81-48(39)87)113-122(99,100)115-33-6-27(15-105-50(33)83-11-23(2)41(62)77-59(83)91)110-120(95,96)114-32-4-25(88)13-103-52(32)85-19-70-37-43(64)73-55(67)79-46(37)85/h10-12,19-21,25-36,49-54,88-89H,4-9,13-18H2,1-3H3,(H,93,94)(H,95,96)(H,97,98)(H,99,100)(H,101,102)(H2,61,76,90)(H2,62,77,91)(H2,63,78,92)(H4,64,67,73,79)(H4,65,68,74,80)(H4,66,69,75,81)/t25-,26-,27-,28-,29-,30-,31+,32+,33+,34+,35+,36+,49+,50+,51+,52+,53+,54+/m0/s1. The van der Waals surface area contributed by atoms with E-state index in [1.165, 1.54) is 41.7 Å². The number of nitrogen functional groups attached to an aromatic ring is 9. The van der Waals surface area contributed by atoms with E-state index in [4.69, 9.17) is 125 Å². The van der Waals surface area contributed by atoms with Gasteiger partial charge in [0.15, 0.2) is 71.8 Å². The van der Waals surface area contributed by atoms with Gasteiger partial charge in [-0.2, -0.15) is 44.9 Å². The second-order valence-electron chi connectivity index (χ2n) is 29.0. The van der Waals surface area contributed by atoms with Gasteiger partial charge in [0.1, 0.15) is 70.6 Å². The zero-order valence-electron chi connectivity index (χ0n) is 64.3. The number of aromatic nitrogens is 18. The molecule has 58 nitrogen and oxygen atoms in total. The van der Waals surface area contributed by atoms with Crippen molar-refractivity contribution in [3.05, 3.63) is 85.7 Å². The number of fused-ring (bicyclic) bond motifs is 3. The normalized spacial score (nSPS) is 29.8. The summed E-state index contributed by atoms with van der Waals surface area (Å²) < 4.78 is 172. The van der Waals surface area contributed by atoms with E-state index in [0.717, 1.165) is 37.1 Å². The third-order valence-electron chi connectivity index (χ3n) is 20.0. The number of aliphatic hydroxyl groups excluding tert-OH is 2. The molecule has 0 spiro atoms. The summed E-state index contributed by atoms with van der Waals surface area (Å²) in [5.74, 6) is -2.04. The Labute approximate surface area is 688 Å². The number of hydrogen-bond donors (Lipinski definition) is 16. The lowest BCUT2D eigenvalue weighted by Gasteiger charge is -2.40. The Morgan fingerprint density at radius 1 is 0.325 bits per heavy atom. The van der Waals surface area contributed by atoms with Crippen LogP contribution in [0.5, 0.6) is 0 Å². The molecule has 0 radical (unpaired) electrons. The number of phosphoric ester groups is 5. The molecule has 9 aromatic heterocycles. The SMILES string of the molecule is Cc1cn([C@@H]2OC[C@@H](OP(=O)(O)O[C@@H]3C[C@H](OP(=O)(O)O[C@@H]4C[C@H](OP(=O)(O)O[C@@H]5C[C@H](OP(=O)(O)O[C@@H]6C[C@H](OP(=O)(O)O[C@@H]7C[C@H](O)CO[C@H]7n7cnc8c(N)nc(N)nc87)CO[C@H]6n6cc(C)c(N)nc6=O)CO[C@H]5n5cnc6c(N)nc(N)nc65)CO[C@H]4n4cc(C)c(N)nc4=O)CO[C@H]3n3cnc4c(N)nc(N)nc43)C[C@H]2O)c(=O)nc1N. The Morgan fingerprint density at radius 3 is 0.854 bits per heavy atom. The molecule has 6 fully saturated rings. The Morgan fingerprint density at radius 2 is 0.569 bits per heavy atom. The number of nitrogens with two attached hydrogens (primary N) is 9. The van der Waals surface area contributed by atoms with Crippen molar-refractivity contribution in [3.63, 3.8) is 0 Å². The first-order valence-electron chi connectivity index (χ1n) is 36.8. The van der Waals surface area contributed by atoms with E-state index in [2.05, 4.69) is 59.8 Å². The summed E-state index contributed by atoms with van der Waals surface area (Å²) in [6.45, 7) is 0.860. The maximum Gasteiger partial charge on any atom is 0.472 e. The van der Waals surface area contributed by atoms with Crippen molar-refractivity contribution < 1.29 is 131 Å². The lowest BCUT2D eigenvalue weighted by Crippen LogP contribution is -2.45. The van der Waals surface area contributed by atoms with Crippen molar-refractivity contribution in [2.45, 2.75) is 170 Å². The van der Waals surface area contributed by atoms with Gasteiger partial charge < -0.3 is 115 Å². The Bertz CT molecular complexity index is 5970. The summed E-state index contributed by atoms with van der Waals surface area (Å²) in [4.78, 5) is 147. The van der Waals surface area contributed by atoms with Gasteiger partial charge in [-0.25, -0.2) is 52.2 Å². The molecule has 0 bridgehead atoms. The van der Waals surface area contributed by atoms with Gasteiger partial charge in [-0.05, 0) is 20.8 Å². The summed E-state index contributed by atoms with van der Waals surface area (Å²) in [7, 11) is -27.9. The topological polar surface area (TPSA) is 844 Å². The second-order valence-corrected chi connectivity index (χ2v) is 35.8. The smallest absolute Gasteiger partial charge is 0.391 e. The molecule has 123 heavy (non-hydrogen) atoms. The molecular weight excluding hydrogens is 1750 g/mol. The van der Waals surface area contributed by atoms with Crippen LogP contribution in [0.1, 0.15) is 92.6 Å². The summed E-state index contributed by atoms with van der Waals surface area (Å²) in [5, 5.41) is 21.9. The second kappa shape index (κ2) is 34.6. The fraction of sp³-hybridized carbons (Fsp3) is 0.550. The van der Waals surface area contributed by atoms with Gasteiger partial charge in [-0.3, -0.25) is 72.6 Å². The van der Waals surface area contributed by atoms with Crippen LogP contribution in [0.2, 0.25) is 0 Å². The molecule has 0 amide bonds. The molecule has 6 saturated heterocycles. The monoisotopic (exact) mass is 1830 g/mol. The first-order valence-corrected chi connectivity index (χ1v) is 44.3. The molecule has 0 aromatic carbocycles. The van der Waals surface area contributed by atoms with E-state index in [0.29, 0.717) is 5.56 Å². The average molecular weight is 1830 g/mol. The van der Waals surface area contributed by atoms with Crippen LogP contribution in [-0.2, 0) is 96.5 Å². The highest BCUT2D eigenvalue weighted by Crippen LogP contribution is 2.58. The third kappa shape index (κ3) is 19.6. The zero-order valence-corrected chi connectivity index (χ0v) is 68.7. The molecule has 63 heteroatoms. The van der Waals surface area contributed by atoms with Crippen LogP contribution in [0, 0.1) is 20.8 Å². The maximum absolute atomic E-state index is 14.9. The molecule has 15 rings (SSSR count). The molecule has 0 saturated carbocycles. The van der Waals surface area contributed by atoms with Crippen molar-refractivity contribution in [2.24, 2.45) is 0 Å². The van der Waals surface area contributed by atoms with Crippen LogP contribution >= 0.6 is 39.1 Å². The zero-order chi connectivity index (χ0) is 88.0. The number of aliphatic hydroxyl groups is 2. The van der Waals surface area contributed by atoms with E-state index in [-0.39, 0.29) is 110 Å². The van der Waals surface area contributed by atoms with Crippen LogP contribution in [0.15, 0.2) is 52.0 Å². The van der Waals surface area contributed by atoms with Gasteiger partial charge in [0.25, 0.3) is 0 Å². The predicted octanol–water partition coefficient (Wildman–Crippen LogP) is -1.97. The largest absolute Gasteiger partial charge is 0.472 e. The predicted molar refractivity (Wildman–Crippen MR) is 413 cm³/mol. The highest BCUT2D eigenvalue weighted by atomic mass is 31.2. The van der Waals surface area contributed by atoms with Crippen LogP contribution in [0.25, 0.3) is 33.5 Å². The van der Waals surface area contributed by atoms with E-state index < -0.39 is 232 Å². The number of anilines is 9. The summed E-state index contributed by atoms with van der Waals surface area (Å²) >= 11 is 0. The number of nitrogens with zero attached hydrogens (tertiary/aromatic N) is 18. The maximum atomic E-state index is 14.9. The minimum Gasteiger partial charge on any atom is -0.391 e. The Hall–Kier alpha value is -9.28. The van der Waals surface area contributed by atoms with Gasteiger partial charge in [0, 0.05) is 73.8 Å². The number of rotatable bonds is 26. The van der Waals surface area contributed by atoms with Crippen molar-refractivity contribution in [1.29, 1.82) is 0 Å². The number of imidazole rings is 3. The van der Waals surface area contributed by atoms with Crippen LogP contribution in [0.4, 0.5) is 52.8 Å². The van der Waals surface area contributed by atoms with Crippen molar-refractivity contribution >= 4 is 125 Å². The molecule has 25 N–H and O–H groups in total. The molecular formula is C60H82N27O31P5. The Kier molecular flexibility index (Phi) is 24.9. The first-order chi connectivity index (χ1) is 58.0. The number of phosphoric acid groups is 5. The van der Waals surface area contributed by atoms with Gasteiger partial charge in [-0.1, -0.05) is 0 Å². The summed E-state index contributed by atoms with van der Waals surface area (Å²) in [5.41, 5.74) is 51.3. The molecule has 6 aliphatic heterocycles. The average Bonchev–Trinajstić information content (AvgIpc) is 1.78. The number of ether oxygens (including phenoxy) is 6. The number of aryl methyl sites for hydroxylation is 3. The highest BCUT2D eigenvalue weighted by molar-refractivity contribution is 7.48.